The molecule has 0 fully saturated rings. The minimum absolute atomic E-state index is 0.0529. The predicted octanol–water partition coefficient (Wildman–Crippen LogP) is 3.48. The van der Waals surface area contributed by atoms with E-state index in [1.165, 1.54) is 14.2 Å². The number of para-hydroxylation sites is 1. The molecule has 1 atom stereocenters. The van der Waals surface area contributed by atoms with Gasteiger partial charge >= 0.3 is 0 Å². The second-order valence-electron chi connectivity index (χ2n) is 5.85. The molecule has 2 aromatic carbocycles. The Morgan fingerprint density at radius 2 is 1.69 bits per heavy atom. The van der Waals surface area contributed by atoms with Crippen LogP contribution in [0.5, 0.6) is 11.5 Å². The highest BCUT2D eigenvalue weighted by Crippen LogP contribution is 2.28. The molecule has 0 unspecified atom stereocenters. The number of ether oxygens (including phenoxy) is 2. The van der Waals surface area contributed by atoms with E-state index in [1.54, 1.807) is 42.5 Å². The van der Waals surface area contributed by atoms with Gasteiger partial charge in [0.15, 0.2) is 11.5 Å². The van der Waals surface area contributed by atoms with Crippen LogP contribution in [-0.4, -0.2) is 32.1 Å². The van der Waals surface area contributed by atoms with Crippen molar-refractivity contribution in [2.75, 3.05) is 19.5 Å². The van der Waals surface area contributed by atoms with Gasteiger partial charge in [0.1, 0.15) is 0 Å². The van der Waals surface area contributed by atoms with Gasteiger partial charge in [-0.1, -0.05) is 19.1 Å². The molecule has 0 saturated heterocycles. The molecular weight excluding hydrogens is 332 g/mol. The zero-order chi connectivity index (χ0) is 19.1. The standard InChI is InChI=1S/C20H24N2O4/c1-5-13(2)21-20(24)15-8-6-7-9-16(15)22-19(23)14-10-11-17(25-3)18(12-14)26-4/h6-13H,5H2,1-4H3,(H,21,24)(H,22,23)/t13-/m0/s1. The Balaban J connectivity index is 2.23. The average Bonchev–Trinajstić information content (AvgIpc) is 2.67. The highest BCUT2D eigenvalue weighted by molar-refractivity contribution is 6.09. The van der Waals surface area contributed by atoms with Gasteiger partial charge in [0, 0.05) is 11.6 Å². The largest absolute Gasteiger partial charge is 0.493 e. The Morgan fingerprint density at radius 1 is 1.00 bits per heavy atom. The SMILES string of the molecule is CC[C@H](C)NC(=O)c1ccccc1NC(=O)c1ccc(OC)c(OC)c1. The molecule has 0 bridgehead atoms. The van der Waals surface area contributed by atoms with E-state index < -0.39 is 0 Å². The first-order valence-electron chi connectivity index (χ1n) is 8.43. The number of rotatable bonds is 7. The summed E-state index contributed by atoms with van der Waals surface area (Å²) < 4.78 is 10.4. The van der Waals surface area contributed by atoms with Crippen molar-refractivity contribution in [2.24, 2.45) is 0 Å². The lowest BCUT2D eigenvalue weighted by Crippen LogP contribution is -2.32. The molecule has 0 aliphatic heterocycles. The Labute approximate surface area is 153 Å². The predicted molar refractivity (Wildman–Crippen MR) is 101 cm³/mol. The van der Waals surface area contributed by atoms with Crippen LogP contribution >= 0.6 is 0 Å². The van der Waals surface area contributed by atoms with Crippen molar-refractivity contribution in [3.05, 3.63) is 53.6 Å². The highest BCUT2D eigenvalue weighted by atomic mass is 16.5. The first-order valence-corrected chi connectivity index (χ1v) is 8.43. The average molecular weight is 356 g/mol. The third kappa shape index (κ3) is 4.53. The van der Waals surface area contributed by atoms with Crippen molar-refractivity contribution in [1.82, 2.24) is 5.32 Å². The number of nitrogens with one attached hydrogen (secondary N) is 2. The van der Waals surface area contributed by atoms with Gasteiger partial charge in [-0.25, -0.2) is 0 Å². The maximum Gasteiger partial charge on any atom is 0.255 e. The van der Waals surface area contributed by atoms with Gasteiger partial charge in [0.2, 0.25) is 0 Å². The van der Waals surface area contributed by atoms with Crippen LogP contribution in [0.25, 0.3) is 0 Å². The minimum atomic E-state index is -0.338. The molecule has 2 aromatic rings. The lowest BCUT2D eigenvalue weighted by molar-refractivity contribution is 0.0940. The van der Waals surface area contributed by atoms with Gasteiger partial charge in [-0.3, -0.25) is 9.59 Å². The van der Waals surface area contributed by atoms with Crippen LogP contribution in [0.2, 0.25) is 0 Å². The zero-order valence-corrected chi connectivity index (χ0v) is 15.5. The lowest BCUT2D eigenvalue weighted by atomic mass is 10.1. The number of carbonyl (C=O) groups excluding carboxylic acids is 2. The second kappa shape index (κ2) is 8.89. The first-order chi connectivity index (χ1) is 12.5. The number of hydrogen-bond acceptors (Lipinski definition) is 4. The van der Waals surface area contributed by atoms with Crippen molar-refractivity contribution in [1.29, 1.82) is 0 Å². The molecule has 6 heteroatoms. The van der Waals surface area contributed by atoms with E-state index in [1.807, 2.05) is 13.8 Å². The van der Waals surface area contributed by atoms with Crippen LogP contribution in [0.15, 0.2) is 42.5 Å². The number of anilines is 1. The molecule has 26 heavy (non-hydrogen) atoms. The van der Waals surface area contributed by atoms with E-state index in [2.05, 4.69) is 10.6 Å². The second-order valence-corrected chi connectivity index (χ2v) is 5.85. The quantitative estimate of drug-likeness (QED) is 0.796. The molecule has 0 aliphatic carbocycles. The number of benzene rings is 2. The van der Waals surface area contributed by atoms with Crippen molar-refractivity contribution >= 4 is 17.5 Å². The molecule has 2 N–H and O–H groups in total. The summed E-state index contributed by atoms with van der Waals surface area (Å²) in [6.45, 7) is 3.93. The van der Waals surface area contributed by atoms with E-state index >= 15 is 0 Å². The van der Waals surface area contributed by atoms with Crippen LogP contribution in [0, 0.1) is 0 Å². The molecule has 138 valence electrons. The monoisotopic (exact) mass is 356 g/mol. The molecule has 0 spiro atoms. The topological polar surface area (TPSA) is 76.7 Å². The summed E-state index contributed by atoms with van der Waals surface area (Å²) >= 11 is 0. The summed E-state index contributed by atoms with van der Waals surface area (Å²) in [6.07, 6.45) is 0.825. The summed E-state index contributed by atoms with van der Waals surface area (Å²) in [5.41, 5.74) is 1.27. The van der Waals surface area contributed by atoms with Crippen molar-refractivity contribution < 1.29 is 19.1 Å². The molecule has 0 heterocycles. The van der Waals surface area contributed by atoms with Crippen molar-refractivity contribution in [2.45, 2.75) is 26.3 Å². The smallest absolute Gasteiger partial charge is 0.255 e. The van der Waals surface area contributed by atoms with E-state index in [9.17, 15) is 9.59 Å². The number of hydrogen-bond donors (Lipinski definition) is 2. The van der Waals surface area contributed by atoms with E-state index in [-0.39, 0.29) is 17.9 Å². The van der Waals surface area contributed by atoms with Crippen LogP contribution in [0.4, 0.5) is 5.69 Å². The molecule has 0 radical (unpaired) electrons. The number of amides is 2. The van der Waals surface area contributed by atoms with Crippen LogP contribution in [0.3, 0.4) is 0 Å². The van der Waals surface area contributed by atoms with Gasteiger partial charge in [-0.15, -0.1) is 0 Å². The molecule has 2 amide bonds. The summed E-state index contributed by atoms with van der Waals surface area (Å²) in [6, 6.07) is 11.9. The fraction of sp³-hybridized carbons (Fsp3) is 0.300. The van der Waals surface area contributed by atoms with E-state index in [0.29, 0.717) is 28.3 Å². The number of methoxy groups -OCH3 is 2. The third-order valence-electron chi connectivity index (χ3n) is 4.06. The van der Waals surface area contributed by atoms with Gasteiger partial charge in [0.05, 0.1) is 25.5 Å². The van der Waals surface area contributed by atoms with Gasteiger partial charge in [-0.05, 0) is 43.7 Å². The molecule has 2 rings (SSSR count). The first kappa shape index (κ1) is 19.3. The van der Waals surface area contributed by atoms with Gasteiger partial charge < -0.3 is 20.1 Å². The van der Waals surface area contributed by atoms with Gasteiger partial charge in [-0.2, -0.15) is 0 Å². The fourth-order valence-electron chi connectivity index (χ4n) is 2.37. The van der Waals surface area contributed by atoms with Gasteiger partial charge in [0.25, 0.3) is 11.8 Å². The molecule has 0 aliphatic rings. The summed E-state index contributed by atoms with van der Waals surface area (Å²) in [4.78, 5) is 25.0. The molecule has 0 aromatic heterocycles. The Kier molecular flexibility index (Phi) is 6.60. The summed E-state index contributed by atoms with van der Waals surface area (Å²) in [7, 11) is 3.04. The Morgan fingerprint density at radius 3 is 2.35 bits per heavy atom. The van der Waals surface area contributed by atoms with Crippen LogP contribution in [0.1, 0.15) is 41.0 Å². The number of carbonyl (C=O) groups is 2. The summed E-state index contributed by atoms with van der Waals surface area (Å²) in [5, 5.41) is 5.70. The van der Waals surface area contributed by atoms with E-state index in [0.717, 1.165) is 6.42 Å². The molecular formula is C20H24N2O4. The minimum Gasteiger partial charge on any atom is -0.493 e. The maximum absolute atomic E-state index is 12.6. The zero-order valence-electron chi connectivity index (χ0n) is 15.5. The van der Waals surface area contributed by atoms with Crippen LogP contribution in [-0.2, 0) is 0 Å². The highest BCUT2D eigenvalue weighted by Gasteiger charge is 2.16. The normalized spacial score (nSPS) is 11.4. The molecule has 0 saturated carbocycles. The Bertz CT molecular complexity index is 789. The lowest BCUT2D eigenvalue weighted by Gasteiger charge is -2.15. The maximum atomic E-state index is 12.6. The van der Waals surface area contributed by atoms with E-state index in [4.69, 9.17) is 9.47 Å². The summed E-state index contributed by atoms with van der Waals surface area (Å²) in [5.74, 6) is 0.442. The van der Waals surface area contributed by atoms with Crippen molar-refractivity contribution in [3.63, 3.8) is 0 Å². The Hall–Kier alpha value is -3.02. The van der Waals surface area contributed by atoms with Crippen LogP contribution < -0.4 is 20.1 Å². The van der Waals surface area contributed by atoms with Crippen molar-refractivity contribution in [3.8, 4) is 11.5 Å². The third-order valence-corrected chi connectivity index (χ3v) is 4.06. The fourth-order valence-corrected chi connectivity index (χ4v) is 2.37. The molecule has 6 nitrogen and oxygen atoms in total.